The van der Waals surface area contributed by atoms with Crippen molar-refractivity contribution in [2.24, 2.45) is 7.05 Å². The van der Waals surface area contributed by atoms with Crippen molar-refractivity contribution in [3.05, 3.63) is 24.4 Å². The zero-order chi connectivity index (χ0) is 17.3. The third-order valence-corrected chi connectivity index (χ3v) is 5.97. The van der Waals surface area contributed by atoms with Gasteiger partial charge in [0.05, 0.1) is 0 Å². The SMILES string of the molecule is CCCCCCCCCCCCCCCCSc1cccc[n+]1C. The quantitative estimate of drug-likeness (QED) is 0.175. The van der Waals surface area contributed by atoms with Gasteiger partial charge in [-0.15, -0.1) is 0 Å². The third kappa shape index (κ3) is 11.9. The molecule has 0 atom stereocenters. The van der Waals surface area contributed by atoms with E-state index < -0.39 is 0 Å². The normalized spacial score (nSPS) is 11.1. The lowest BCUT2D eigenvalue weighted by Gasteiger charge is -2.03. The molecule has 0 aromatic carbocycles. The molecule has 0 saturated heterocycles. The van der Waals surface area contributed by atoms with E-state index in [9.17, 15) is 0 Å². The van der Waals surface area contributed by atoms with Crippen molar-refractivity contribution in [2.45, 2.75) is 102 Å². The third-order valence-electron chi connectivity index (χ3n) is 4.76. The standard InChI is InChI=1S/C22H40NS/c1-3-4-5-6-7-8-9-10-11-12-13-14-15-18-21-24-22-19-16-17-20-23(22)2/h16-17,19-20H,3-15,18,21H2,1-2H3/q+1. The van der Waals surface area contributed by atoms with Gasteiger partial charge in [0.25, 0.3) is 0 Å². The lowest BCUT2D eigenvalue weighted by Crippen LogP contribution is -2.29. The van der Waals surface area contributed by atoms with Crippen molar-refractivity contribution in [1.82, 2.24) is 0 Å². The number of unbranched alkanes of at least 4 members (excludes halogenated alkanes) is 13. The zero-order valence-corrected chi connectivity index (χ0v) is 17.1. The first-order valence-corrected chi connectivity index (χ1v) is 11.4. The number of rotatable bonds is 16. The Morgan fingerprint density at radius 1 is 0.708 bits per heavy atom. The van der Waals surface area contributed by atoms with Crippen LogP contribution in [-0.2, 0) is 7.05 Å². The highest BCUT2D eigenvalue weighted by atomic mass is 32.2. The van der Waals surface area contributed by atoms with Crippen LogP contribution in [0.3, 0.4) is 0 Å². The van der Waals surface area contributed by atoms with Crippen molar-refractivity contribution in [3.63, 3.8) is 0 Å². The molecule has 24 heavy (non-hydrogen) atoms. The van der Waals surface area contributed by atoms with Gasteiger partial charge in [-0.3, -0.25) is 0 Å². The minimum absolute atomic E-state index is 1.26. The molecule has 0 amide bonds. The van der Waals surface area contributed by atoms with Gasteiger partial charge in [0.15, 0.2) is 6.20 Å². The molecule has 0 spiro atoms. The molecule has 2 heteroatoms. The van der Waals surface area contributed by atoms with Gasteiger partial charge in [0.1, 0.15) is 7.05 Å². The van der Waals surface area contributed by atoms with Crippen molar-refractivity contribution in [1.29, 1.82) is 0 Å². The summed E-state index contributed by atoms with van der Waals surface area (Å²) >= 11 is 1.99. The number of aryl methyl sites for hydroxylation is 1. The molecule has 1 nitrogen and oxygen atoms in total. The lowest BCUT2D eigenvalue weighted by molar-refractivity contribution is -0.708. The van der Waals surface area contributed by atoms with Crippen LogP contribution in [0.15, 0.2) is 29.4 Å². The molecular formula is C22H40NS+. The maximum absolute atomic E-state index is 2.29. The molecule has 1 aromatic rings. The maximum Gasteiger partial charge on any atom is 0.239 e. The molecule has 138 valence electrons. The minimum Gasteiger partial charge on any atom is -0.196 e. The van der Waals surface area contributed by atoms with Crippen molar-refractivity contribution in [3.8, 4) is 0 Å². The summed E-state index contributed by atoms with van der Waals surface area (Å²) in [6.07, 6.45) is 22.3. The van der Waals surface area contributed by atoms with Gasteiger partial charge in [0, 0.05) is 17.9 Å². The molecule has 0 fully saturated rings. The van der Waals surface area contributed by atoms with Crippen LogP contribution >= 0.6 is 11.8 Å². The number of hydrogen-bond acceptors (Lipinski definition) is 1. The first kappa shape index (κ1) is 21.5. The Morgan fingerprint density at radius 3 is 1.71 bits per heavy atom. The molecule has 1 heterocycles. The molecule has 0 saturated carbocycles. The van der Waals surface area contributed by atoms with Gasteiger partial charge in [-0.1, -0.05) is 102 Å². The summed E-state index contributed by atoms with van der Waals surface area (Å²) in [6.45, 7) is 2.29. The average molecular weight is 351 g/mol. The summed E-state index contributed by atoms with van der Waals surface area (Å²) in [5.74, 6) is 1.26. The summed E-state index contributed by atoms with van der Waals surface area (Å²) in [5.41, 5.74) is 0. The molecule has 0 radical (unpaired) electrons. The maximum atomic E-state index is 2.29. The molecule has 1 aromatic heterocycles. The second-order valence-corrected chi connectivity index (χ2v) is 8.21. The largest absolute Gasteiger partial charge is 0.239 e. The number of thioether (sulfide) groups is 1. The fourth-order valence-corrected chi connectivity index (χ4v) is 4.13. The summed E-state index contributed by atoms with van der Waals surface area (Å²) in [5, 5.41) is 1.38. The topological polar surface area (TPSA) is 3.88 Å². The Hall–Kier alpha value is -0.500. The Morgan fingerprint density at radius 2 is 1.21 bits per heavy atom. The van der Waals surface area contributed by atoms with Gasteiger partial charge in [-0.25, -0.2) is 0 Å². The number of hydrogen-bond donors (Lipinski definition) is 0. The van der Waals surface area contributed by atoms with Crippen LogP contribution in [0.2, 0.25) is 0 Å². The zero-order valence-electron chi connectivity index (χ0n) is 16.3. The van der Waals surface area contributed by atoms with Crippen molar-refractivity contribution in [2.75, 3.05) is 5.75 Å². The van der Waals surface area contributed by atoms with Gasteiger partial charge in [0.2, 0.25) is 5.03 Å². The highest BCUT2D eigenvalue weighted by Crippen LogP contribution is 2.17. The molecule has 0 aliphatic rings. The van der Waals surface area contributed by atoms with Crippen LogP contribution in [0.5, 0.6) is 0 Å². The van der Waals surface area contributed by atoms with E-state index in [2.05, 4.69) is 42.9 Å². The first-order valence-electron chi connectivity index (χ1n) is 10.4. The Bertz CT molecular complexity index is 391. The number of aromatic nitrogens is 1. The van der Waals surface area contributed by atoms with Gasteiger partial charge in [-0.05, 0) is 12.5 Å². The molecule has 0 aliphatic carbocycles. The summed E-state index contributed by atoms with van der Waals surface area (Å²) in [7, 11) is 2.13. The highest BCUT2D eigenvalue weighted by Gasteiger charge is 2.04. The fraction of sp³-hybridized carbons (Fsp3) is 0.773. The van der Waals surface area contributed by atoms with Crippen LogP contribution in [-0.4, -0.2) is 5.75 Å². The first-order chi connectivity index (χ1) is 11.8. The Labute approximate surface area is 155 Å². The van der Waals surface area contributed by atoms with E-state index in [4.69, 9.17) is 0 Å². The predicted molar refractivity (Wildman–Crippen MR) is 109 cm³/mol. The molecule has 0 bridgehead atoms. The van der Waals surface area contributed by atoms with Gasteiger partial charge >= 0.3 is 0 Å². The Balaban J connectivity index is 1.77. The van der Waals surface area contributed by atoms with Gasteiger partial charge < -0.3 is 0 Å². The Kier molecular flexibility index (Phi) is 14.4. The smallest absolute Gasteiger partial charge is 0.196 e. The molecular weight excluding hydrogens is 310 g/mol. The van der Waals surface area contributed by atoms with Crippen molar-refractivity contribution < 1.29 is 4.57 Å². The average Bonchev–Trinajstić information content (AvgIpc) is 2.60. The van der Waals surface area contributed by atoms with Crippen LogP contribution in [0, 0.1) is 0 Å². The van der Waals surface area contributed by atoms with Gasteiger partial charge in [-0.2, -0.15) is 4.57 Å². The van der Waals surface area contributed by atoms with Crippen LogP contribution in [0.1, 0.15) is 96.8 Å². The minimum atomic E-state index is 1.26. The molecule has 0 unspecified atom stereocenters. The molecule has 1 rings (SSSR count). The van der Waals surface area contributed by atoms with E-state index in [1.54, 1.807) is 0 Å². The van der Waals surface area contributed by atoms with E-state index in [1.807, 2.05) is 11.8 Å². The molecule has 0 aliphatic heterocycles. The lowest BCUT2D eigenvalue weighted by atomic mass is 10.0. The second-order valence-electron chi connectivity index (χ2n) is 7.09. The van der Waals surface area contributed by atoms with E-state index in [1.165, 1.54) is 101 Å². The van der Waals surface area contributed by atoms with Crippen molar-refractivity contribution >= 4 is 11.8 Å². The van der Waals surface area contributed by atoms with E-state index >= 15 is 0 Å². The van der Waals surface area contributed by atoms with E-state index in [0.717, 1.165) is 0 Å². The van der Waals surface area contributed by atoms with E-state index in [0.29, 0.717) is 0 Å². The van der Waals surface area contributed by atoms with Crippen LogP contribution in [0.4, 0.5) is 0 Å². The summed E-state index contributed by atoms with van der Waals surface area (Å²) in [4.78, 5) is 0. The second kappa shape index (κ2) is 16.0. The summed E-state index contributed by atoms with van der Waals surface area (Å²) in [6, 6.07) is 6.44. The highest BCUT2D eigenvalue weighted by molar-refractivity contribution is 7.99. The fourth-order valence-electron chi connectivity index (χ4n) is 3.13. The number of pyridine rings is 1. The summed E-state index contributed by atoms with van der Waals surface area (Å²) < 4.78 is 2.22. The van der Waals surface area contributed by atoms with Crippen LogP contribution < -0.4 is 4.57 Å². The monoisotopic (exact) mass is 350 g/mol. The van der Waals surface area contributed by atoms with Crippen LogP contribution in [0.25, 0.3) is 0 Å². The molecule has 0 N–H and O–H groups in total. The van der Waals surface area contributed by atoms with E-state index in [-0.39, 0.29) is 0 Å². The number of nitrogens with zero attached hydrogens (tertiary/aromatic N) is 1. The predicted octanol–water partition coefficient (Wildman–Crippen LogP) is 7.08.